The lowest BCUT2D eigenvalue weighted by atomic mass is 10.0. The molecule has 1 aliphatic carbocycles. The lowest BCUT2D eigenvalue weighted by Crippen LogP contribution is -2.14. The van der Waals surface area contributed by atoms with Crippen LogP contribution in [0.25, 0.3) is 0 Å². The molecule has 0 amide bonds. The van der Waals surface area contributed by atoms with E-state index in [-0.39, 0.29) is 5.41 Å². The van der Waals surface area contributed by atoms with Gasteiger partial charge in [0.1, 0.15) is 5.41 Å². The highest BCUT2D eigenvalue weighted by molar-refractivity contribution is 9.10. The van der Waals surface area contributed by atoms with Crippen LogP contribution in [0, 0.1) is 23.2 Å². The van der Waals surface area contributed by atoms with Crippen LogP contribution in [-0.4, -0.2) is 13.2 Å². The van der Waals surface area contributed by atoms with Gasteiger partial charge in [-0.15, -0.1) is 11.3 Å². The first-order valence-electron chi connectivity index (χ1n) is 4.52. The van der Waals surface area contributed by atoms with Crippen molar-refractivity contribution in [3.05, 3.63) is 20.8 Å². The van der Waals surface area contributed by atoms with E-state index in [9.17, 15) is 5.26 Å². The van der Waals surface area contributed by atoms with Gasteiger partial charge >= 0.3 is 0 Å². The number of nitriles is 1. The monoisotopic (exact) mass is 269 g/mol. The van der Waals surface area contributed by atoms with E-state index in [2.05, 4.69) is 28.1 Å². The first-order chi connectivity index (χ1) is 6.79. The highest BCUT2D eigenvalue weighted by Crippen LogP contribution is 2.63. The first-order valence-corrected chi connectivity index (χ1v) is 6.20. The second-order valence-electron chi connectivity index (χ2n) is 3.86. The van der Waals surface area contributed by atoms with E-state index >= 15 is 0 Å². The molecule has 0 radical (unpaired) electrons. The summed E-state index contributed by atoms with van der Waals surface area (Å²) in [6.07, 6.45) is 0. The van der Waals surface area contributed by atoms with E-state index in [1.807, 2.05) is 5.38 Å². The van der Waals surface area contributed by atoms with Gasteiger partial charge in [-0.2, -0.15) is 5.26 Å². The fraction of sp³-hybridized carbons (Fsp3) is 0.500. The fourth-order valence-corrected chi connectivity index (χ4v) is 4.18. The third kappa shape index (κ3) is 0.928. The number of fused-ring (bicyclic) bond motifs is 1. The lowest BCUT2D eigenvalue weighted by Gasteiger charge is -2.09. The van der Waals surface area contributed by atoms with Crippen molar-refractivity contribution in [2.75, 3.05) is 13.2 Å². The van der Waals surface area contributed by atoms with Crippen molar-refractivity contribution in [3.8, 4) is 6.07 Å². The molecular formula is C10H8BrNOS. The van der Waals surface area contributed by atoms with Gasteiger partial charge in [0.05, 0.1) is 19.3 Å². The third-order valence-electron chi connectivity index (χ3n) is 3.30. The molecule has 0 spiro atoms. The third-order valence-corrected chi connectivity index (χ3v) is 5.14. The van der Waals surface area contributed by atoms with Crippen molar-refractivity contribution in [2.24, 2.45) is 11.8 Å². The maximum absolute atomic E-state index is 9.31. The SMILES string of the molecule is N#CC1(c2cc(Br)cs2)C2COCC21. The molecule has 2 heterocycles. The van der Waals surface area contributed by atoms with Gasteiger partial charge in [0.15, 0.2) is 0 Å². The number of hydrogen-bond donors (Lipinski definition) is 0. The van der Waals surface area contributed by atoms with Crippen molar-refractivity contribution in [2.45, 2.75) is 5.41 Å². The highest BCUT2D eigenvalue weighted by Gasteiger charge is 2.69. The second kappa shape index (κ2) is 2.82. The van der Waals surface area contributed by atoms with Crippen LogP contribution in [0.4, 0.5) is 0 Å². The molecule has 1 saturated heterocycles. The average molecular weight is 270 g/mol. The smallest absolute Gasteiger partial charge is 0.102 e. The van der Waals surface area contributed by atoms with Gasteiger partial charge in [-0.3, -0.25) is 0 Å². The van der Waals surface area contributed by atoms with E-state index in [0.29, 0.717) is 11.8 Å². The molecule has 2 atom stereocenters. The Bertz CT molecular complexity index is 412. The van der Waals surface area contributed by atoms with Crippen LogP contribution < -0.4 is 0 Å². The number of halogens is 1. The number of ether oxygens (including phenoxy) is 1. The Labute approximate surface area is 94.6 Å². The zero-order chi connectivity index (χ0) is 9.76. The molecule has 4 heteroatoms. The zero-order valence-corrected chi connectivity index (χ0v) is 9.77. The maximum atomic E-state index is 9.31. The van der Waals surface area contributed by atoms with Crippen LogP contribution in [0.3, 0.4) is 0 Å². The Hall–Kier alpha value is -0.370. The van der Waals surface area contributed by atoms with E-state index in [0.717, 1.165) is 17.7 Å². The number of rotatable bonds is 1. The Balaban J connectivity index is 2.02. The van der Waals surface area contributed by atoms with Crippen LogP contribution >= 0.6 is 27.3 Å². The molecule has 2 fully saturated rings. The van der Waals surface area contributed by atoms with Gasteiger partial charge in [-0.05, 0) is 22.0 Å². The molecule has 3 rings (SSSR count). The van der Waals surface area contributed by atoms with Crippen LogP contribution in [-0.2, 0) is 10.2 Å². The summed E-state index contributed by atoms with van der Waals surface area (Å²) in [5.74, 6) is 0.885. The summed E-state index contributed by atoms with van der Waals surface area (Å²) in [6.45, 7) is 1.52. The van der Waals surface area contributed by atoms with Gasteiger partial charge < -0.3 is 4.74 Å². The normalized spacial score (nSPS) is 39.1. The minimum atomic E-state index is -0.213. The summed E-state index contributed by atoms with van der Waals surface area (Å²) in [6, 6.07) is 4.57. The van der Waals surface area contributed by atoms with Gasteiger partial charge in [0.2, 0.25) is 0 Å². The number of thiophene rings is 1. The molecule has 0 N–H and O–H groups in total. The molecule has 0 bridgehead atoms. The van der Waals surface area contributed by atoms with Crippen LogP contribution in [0.1, 0.15) is 4.88 Å². The van der Waals surface area contributed by atoms with Crippen molar-refractivity contribution in [1.29, 1.82) is 5.26 Å². The van der Waals surface area contributed by atoms with E-state index in [1.165, 1.54) is 4.88 Å². The molecule has 2 unspecified atom stereocenters. The molecule has 1 aromatic heterocycles. The Morgan fingerprint density at radius 1 is 1.57 bits per heavy atom. The van der Waals surface area contributed by atoms with Crippen molar-refractivity contribution >= 4 is 27.3 Å². The van der Waals surface area contributed by atoms with E-state index in [4.69, 9.17) is 4.74 Å². The molecule has 1 saturated carbocycles. The molecule has 2 nitrogen and oxygen atoms in total. The summed E-state index contributed by atoms with van der Waals surface area (Å²) in [5.41, 5.74) is -0.213. The molecule has 72 valence electrons. The zero-order valence-electron chi connectivity index (χ0n) is 7.37. The van der Waals surface area contributed by atoms with Gasteiger partial charge in [0, 0.05) is 26.6 Å². The minimum Gasteiger partial charge on any atom is -0.381 e. The minimum absolute atomic E-state index is 0.213. The molecule has 0 aromatic carbocycles. The average Bonchev–Trinajstić information content (AvgIpc) is 2.66. The Morgan fingerprint density at radius 2 is 2.29 bits per heavy atom. The summed E-state index contributed by atoms with van der Waals surface area (Å²) in [5, 5.41) is 11.4. The first kappa shape index (κ1) is 8.90. The lowest BCUT2D eigenvalue weighted by molar-refractivity contribution is 0.152. The van der Waals surface area contributed by atoms with Gasteiger partial charge in [-0.25, -0.2) is 0 Å². The largest absolute Gasteiger partial charge is 0.381 e. The molecule has 1 aliphatic heterocycles. The van der Waals surface area contributed by atoms with E-state index < -0.39 is 0 Å². The standard InChI is InChI=1S/C10H8BrNOS/c11-6-1-9(14-4-6)10(5-12)7-2-13-3-8(7)10/h1,4,7-8H,2-3H2. The topological polar surface area (TPSA) is 33.0 Å². The second-order valence-corrected chi connectivity index (χ2v) is 5.69. The molecule has 2 aliphatic rings. The van der Waals surface area contributed by atoms with Crippen LogP contribution in [0.2, 0.25) is 0 Å². The Kier molecular flexibility index (Phi) is 1.79. The predicted octanol–water partition coefficient (Wildman–Crippen LogP) is 2.55. The molecule has 14 heavy (non-hydrogen) atoms. The maximum Gasteiger partial charge on any atom is 0.102 e. The number of nitrogens with zero attached hydrogens (tertiary/aromatic N) is 1. The fourth-order valence-electron chi connectivity index (χ4n) is 2.47. The van der Waals surface area contributed by atoms with Gasteiger partial charge in [-0.1, -0.05) is 0 Å². The Morgan fingerprint density at radius 3 is 2.79 bits per heavy atom. The summed E-state index contributed by atoms with van der Waals surface area (Å²) >= 11 is 5.11. The molecule has 1 aromatic rings. The van der Waals surface area contributed by atoms with Gasteiger partial charge in [0.25, 0.3) is 0 Å². The van der Waals surface area contributed by atoms with Crippen molar-refractivity contribution < 1.29 is 4.74 Å². The number of hydrogen-bond acceptors (Lipinski definition) is 3. The van der Waals surface area contributed by atoms with E-state index in [1.54, 1.807) is 11.3 Å². The highest BCUT2D eigenvalue weighted by atomic mass is 79.9. The van der Waals surface area contributed by atoms with Crippen LogP contribution in [0.15, 0.2) is 15.9 Å². The summed E-state index contributed by atoms with van der Waals surface area (Å²) in [7, 11) is 0. The predicted molar refractivity (Wildman–Crippen MR) is 57.1 cm³/mol. The summed E-state index contributed by atoms with van der Waals surface area (Å²) in [4.78, 5) is 1.20. The quantitative estimate of drug-likeness (QED) is 0.785. The van der Waals surface area contributed by atoms with Crippen molar-refractivity contribution in [1.82, 2.24) is 0 Å². The van der Waals surface area contributed by atoms with Crippen molar-refractivity contribution in [3.63, 3.8) is 0 Å². The summed E-state index contributed by atoms with van der Waals surface area (Å²) < 4.78 is 6.42. The molecular weight excluding hydrogens is 262 g/mol. The van der Waals surface area contributed by atoms with Crippen LogP contribution in [0.5, 0.6) is 0 Å².